The lowest BCUT2D eigenvalue weighted by Crippen LogP contribution is -2.37. The number of anilines is 1. The van der Waals surface area contributed by atoms with Gasteiger partial charge in [0.25, 0.3) is 11.5 Å². The quantitative estimate of drug-likeness (QED) is 0.467. The van der Waals surface area contributed by atoms with E-state index in [1.165, 1.54) is 4.68 Å². The van der Waals surface area contributed by atoms with E-state index in [0.717, 1.165) is 18.8 Å². The normalized spacial score (nSPS) is 13.8. The van der Waals surface area contributed by atoms with E-state index in [4.69, 9.17) is 4.74 Å². The van der Waals surface area contributed by atoms with E-state index in [0.29, 0.717) is 42.3 Å². The standard InChI is InChI=1S/C24H22N6O3/c31-23-19(7-4-11-29(23)17-18-5-3-10-25-26-18)21-9-12-30(27-21)24(32)20-6-1-2-8-22(20)28-13-15-33-16-14-28/h1-12H,13-17H2. The minimum absolute atomic E-state index is 0.213. The number of ether oxygens (including phenoxy) is 1. The van der Waals surface area contributed by atoms with Gasteiger partial charge in [0.2, 0.25) is 0 Å². The number of hydrogen-bond donors (Lipinski definition) is 0. The summed E-state index contributed by atoms with van der Waals surface area (Å²) in [6.07, 6.45) is 4.87. The molecule has 0 saturated carbocycles. The molecule has 0 amide bonds. The first-order valence-electron chi connectivity index (χ1n) is 10.7. The van der Waals surface area contributed by atoms with Gasteiger partial charge in [-0.15, -0.1) is 0 Å². The maximum atomic E-state index is 13.3. The molecule has 0 spiro atoms. The molecule has 1 aliphatic rings. The van der Waals surface area contributed by atoms with Crippen LogP contribution in [0.3, 0.4) is 0 Å². The molecule has 0 atom stereocenters. The van der Waals surface area contributed by atoms with Crippen molar-refractivity contribution in [2.75, 3.05) is 31.2 Å². The van der Waals surface area contributed by atoms with Crippen molar-refractivity contribution in [3.63, 3.8) is 0 Å². The number of nitrogens with zero attached hydrogens (tertiary/aromatic N) is 6. The average molecular weight is 442 g/mol. The molecule has 1 fully saturated rings. The van der Waals surface area contributed by atoms with Gasteiger partial charge in [0.1, 0.15) is 0 Å². The Balaban J connectivity index is 1.43. The number of carbonyl (C=O) groups is 1. The molecular weight excluding hydrogens is 420 g/mol. The summed E-state index contributed by atoms with van der Waals surface area (Å²) >= 11 is 0. The maximum absolute atomic E-state index is 13.3. The van der Waals surface area contributed by atoms with Crippen LogP contribution in [0, 0.1) is 0 Å². The summed E-state index contributed by atoms with van der Waals surface area (Å²) in [5.41, 5.74) is 2.72. The lowest BCUT2D eigenvalue weighted by molar-refractivity contribution is 0.0944. The first-order chi connectivity index (χ1) is 16.2. The summed E-state index contributed by atoms with van der Waals surface area (Å²) in [5, 5.41) is 12.3. The molecule has 5 rings (SSSR count). The van der Waals surface area contributed by atoms with Crippen molar-refractivity contribution in [2.24, 2.45) is 0 Å². The molecule has 9 nitrogen and oxygen atoms in total. The molecule has 0 N–H and O–H groups in total. The minimum atomic E-state index is -0.251. The van der Waals surface area contributed by atoms with Crippen molar-refractivity contribution >= 4 is 11.6 Å². The van der Waals surface area contributed by atoms with E-state index < -0.39 is 0 Å². The molecule has 166 valence electrons. The second-order valence-corrected chi connectivity index (χ2v) is 7.64. The SMILES string of the molecule is O=C(c1ccccc1N1CCOCC1)n1ccc(-c2cccn(Cc3cccnn3)c2=O)n1. The first-order valence-corrected chi connectivity index (χ1v) is 10.7. The number of pyridine rings is 1. The lowest BCUT2D eigenvalue weighted by atomic mass is 10.1. The highest BCUT2D eigenvalue weighted by Gasteiger charge is 2.21. The Bertz CT molecular complexity index is 1330. The van der Waals surface area contributed by atoms with Crippen LogP contribution in [0.2, 0.25) is 0 Å². The van der Waals surface area contributed by atoms with Crippen LogP contribution in [0.4, 0.5) is 5.69 Å². The highest BCUT2D eigenvalue weighted by Crippen LogP contribution is 2.23. The van der Waals surface area contributed by atoms with E-state index in [9.17, 15) is 9.59 Å². The number of carbonyl (C=O) groups excluding carboxylic acids is 1. The number of aromatic nitrogens is 5. The van der Waals surface area contributed by atoms with Crippen molar-refractivity contribution < 1.29 is 9.53 Å². The second-order valence-electron chi connectivity index (χ2n) is 7.64. The second kappa shape index (κ2) is 9.17. The van der Waals surface area contributed by atoms with Crippen molar-refractivity contribution in [1.82, 2.24) is 24.5 Å². The van der Waals surface area contributed by atoms with Crippen LogP contribution in [-0.4, -0.2) is 56.8 Å². The number of benzene rings is 1. The summed E-state index contributed by atoms with van der Waals surface area (Å²) in [5.74, 6) is -0.251. The van der Waals surface area contributed by atoms with Crippen LogP contribution in [0.5, 0.6) is 0 Å². The van der Waals surface area contributed by atoms with Crippen molar-refractivity contribution in [3.8, 4) is 11.3 Å². The summed E-state index contributed by atoms with van der Waals surface area (Å²) in [6.45, 7) is 3.01. The monoisotopic (exact) mass is 442 g/mol. The number of para-hydroxylation sites is 1. The average Bonchev–Trinajstić information content (AvgIpc) is 3.36. The fraction of sp³-hybridized carbons (Fsp3) is 0.208. The van der Waals surface area contributed by atoms with Crippen molar-refractivity contribution in [3.05, 3.63) is 94.8 Å². The molecule has 33 heavy (non-hydrogen) atoms. The van der Waals surface area contributed by atoms with Gasteiger partial charge in [0, 0.05) is 37.4 Å². The highest BCUT2D eigenvalue weighted by atomic mass is 16.5. The summed E-state index contributed by atoms with van der Waals surface area (Å²) in [4.78, 5) is 28.5. The Morgan fingerprint density at radius 1 is 0.970 bits per heavy atom. The third kappa shape index (κ3) is 4.31. The summed E-state index contributed by atoms with van der Waals surface area (Å²) in [6, 6.07) is 16.2. The zero-order valence-corrected chi connectivity index (χ0v) is 17.9. The molecule has 9 heteroatoms. The molecule has 4 heterocycles. The van der Waals surface area contributed by atoms with Crippen LogP contribution < -0.4 is 10.5 Å². The molecule has 3 aromatic heterocycles. The van der Waals surface area contributed by atoms with Gasteiger partial charge in [0.05, 0.1) is 42.3 Å². The van der Waals surface area contributed by atoms with Crippen LogP contribution >= 0.6 is 0 Å². The summed E-state index contributed by atoms with van der Waals surface area (Å²) < 4.78 is 8.27. The van der Waals surface area contributed by atoms with E-state index >= 15 is 0 Å². The Labute approximate surface area is 189 Å². The third-order valence-corrected chi connectivity index (χ3v) is 5.54. The van der Waals surface area contributed by atoms with E-state index in [2.05, 4.69) is 20.2 Å². The Morgan fingerprint density at radius 2 is 1.82 bits per heavy atom. The molecule has 1 saturated heterocycles. The van der Waals surface area contributed by atoms with Crippen LogP contribution in [0.15, 0.2) is 78.0 Å². The Hall–Kier alpha value is -4.11. The van der Waals surface area contributed by atoms with Gasteiger partial charge in [-0.05, 0) is 42.5 Å². The predicted molar refractivity (Wildman–Crippen MR) is 122 cm³/mol. The molecule has 1 aliphatic heterocycles. The van der Waals surface area contributed by atoms with E-state index in [-0.39, 0.29) is 11.5 Å². The third-order valence-electron chi connectivity index (χ3n) is 5.54. The number of hydrogen-bond acceptors (Lipinski definition) is 7. The van der Waals surface area contributed by atoms with Gasteiger partial charge in [-0.3, -0.25) is 9.59 Å². The zero-order chi connectivity index (χ0) is 22.6. The van der Waals surface area contributed by atoms with Crippen LogP contribution in [0.1, 0.15) is 16.1 Å². The molecular formula is C24H22N6O3. The molecule has 1 aromatic carbocycles. The maximum Gasteiger partial charge on any atom is 0.280 e. The molecule has 4 aromatic rings. The fourth-order valence-electron chi connectivity index (χ4n) is 3.89. The van der Waals surface area contributed by atoms with Gasteiger partial charge in [-0.1, -0.05) is 12.1 Å². The number of morpholine rings is 1. The Kier molecular flexibility index (Phi) is 5.77. The van der Waals surface area contributed by atoms with Crippen molar-refractivity contribution in [2.45, 2.75) is 6.54 Å². The number of rotatable bonds is 5. The smallest absolute Gasteiger partial charge is 0.280 e. The molecule has 0 unspecified atom stereocenters. The van der Waals surface area contributed by atoms with E-state index in [1.54, 1.807) is 53.5 Å². The molecule has 0 radical (unpaired) electrons. The first kappa shape index (κ1) is 20.8. The van der Waals surface area contributed by atoms with Gasteiger partial charge < -0.3 is 14.2 Å². The van der Waals surface area contributed by atoms with Crippen LogP contribution in [0.25, 0.3) is 11.3 Å². The lowest BCUT2D eigenvalue weighted by Gasteiger charge is -2.30. The van der Waals surface area contributed by atoms with Gasteiger partial charge in [-0.2, -0.15) is 15.3 Å². The van der Waals surface area contributed by atoms with Crippen molar-refractivity contribution in [1.29, 1.82) is 0 Å². The Morgan fingerprint density at radius 3 is 2.64 bits per heavy atom. The highest BCUT2D eigenvalue weighted by molar-refractivity contribution is 6.01. The van der Waals surface area contributed by atoms with Gasteiger partial charge in [0.15, 0.2) is 0 Å². The molecule has 0 bridgehead atoms. The zero-order valence-electron chi connectivity index (χ0n) is 17.9. The van der Waals surface area contributed by atoms with Gasteiger partial charge >= 0.3 is 0 Å². The fourth-order valence-corrected chi connectivity index (χ4v) is 3.89. The topological polar surface area (TPSA) is 95.1 Å². The molecule has 0 aliphatic carbocycles. The largest absolute Gasteiger partial charge is 0.378 e. The van der Waals surface area contributed by atoms with Crippen LogP contribution in [-0.2, 0) is 11.3 Å². The summed E-state index contributed by atoms with van der Waals surface area (Å²) in [7, 11) is 0. The van der Waals surface area contributed by atoms with Gasteiger partial charge in [-0.25, -0.2) is 4.68 Å². The van der Waals surface area contributed by atoms with E-state index in [1.807, 2.05) is 24.3 Å². The predicted octanol–water partition coefficient (Wildman–Crippen LogP) is 2.08. The minimum Gasteiger partial charge on any atom is -0.378 e.